The van der Waals surface area contributed by atoms with E-state index < -0.39 is 51.9 Å². The van der Waals surface area contributed by atoms with Crippen LogP contribution >= 0.6 is 0 Å². The number of methoxy groups -OCH3 is 2. The van der Waals surface area contributed by atoms with Crippen LogP contribution in [0.25, 0.3) is 16.9 Å². The zero-order valence-corrected chi connectivity index (χ0v) is 14.7. The Labute approximate surface area is 157 Å². The number of ether oxygens (including phenoxy) is 2. The third-order valence-electron chi connectivity index (χ3n) is 3.94. The van der Waals surface area contributed by atoms with E-state index in [0.717, 1.165) is 18.9 Å². The number of hydrogen-bond donors (Lipinski definition) is 0. The molecule has 144 valence electrons. The van der Waals surface area contributed by atoms with Gasteiger partial charge in [-0.05, 0) is 24.3 Å². The van der Waals surface area contributed by atoms with Crippen molar-refractivity contribution in [2.24, 2.45) is 0 Å². The number of hydrogen-bond acceptors (Lipinski definition) is 5. The second kappa shape index (κ2) is 7.55. The largest absolute Gasteiger partial charge is 0.465 e. The quantitative estimate of drug-likeness (QED) is 0.504. The van der Waals surface area contributed by atoms with Crippen LogP contribution in [0.1, 0.15) is 20.8 Å². The molecule has 2 aromatic carbocycles. The van der Waals surface area contributed by atoms with Crippen LogP contribution < -0.4 is 0 Å². The number of para-hydroxylation sites is 1. The van der Waals surface area contributed by atoms with E-state index in [0.29, 0.717) is 17.8 Å². The molecule has 0 unspecified atom stereocenters. The van der Waals surface area contributed by atoms with Crippen molar-refractivity contribution in [2.45, 2.75) is 0 Å². The normalized spacial score (nSPS) is 10.6. The van der Waals surface area contributed by atoms with Gasteiger partial charge in [0.05, 0.1) is 25.5 Å². The molecule has 0 atom stereocenters. The number of halogens is 3. The van der Waals surface area contributed by atoms with Crippen LogP contribution in [0.5, 0.6) is 0 Å². The summed E-state index contributed by atoms with van der Waals surface area (Å²) in [4.78, 5) is 24.8. The van der Waals surface area contributed by atoms with Crippen LogP contribution in [0.3, 0.4) is 0 Å². The molecule has 0 saturated carbocycles. The topological polar surface area (TPSA) is 70.4 Å². The first-order chi connectivity index (χ1) is 13.4. The van der Waals surface area contributed by atoms with E-state index in [1.807, 2.05) is 0 Å². The molecular weight excluding hydrogens is 377 g/mol. The van der Waals surface area contributed by atoms with Gasteiger partial charge in [-0.3, -0.25) is 0 Å². The Bertz CT molecular complexity index is 1060. The predicted molar refractivity (Wildman–Crippen MR) is 91.6 cm³/mol. The Hall–Kier alpha value is -3.62. The average Bonchev–Trinajstić information content (AvgIpc) is 3.10. The molecule has 0 N–H and O–H groups in total. The molecule has 0 fully saturated rings. The van der Waals surface area contributed by atoms with E-state index in [2.05, 4.69) is 9.84 Å². The van der Waals surface area contributed by atoms with Gasteiger partial charge >= 0.3 is 11.9 Å². The van der Waals surface area contributed by atoms with Gasteiger partial charge in [-0.2, -0.15) is 5.10 Å². The van der Waals surface area contributed by atoms with Crippen molar-refractivity contribution < 1.29 is 32.2 Å². The first kappa shape index (κ1) is 19.2. The number of aromatic nitrogens is 2. The number of nitrogens with zero attached hydrogens (tertiary/aromatic N) is 2. The molecule has 0 spiro atoms. The molecule has 9 heteroatoms. The van der Waals surface area contributed by atoms with Crippen LogP contribution in [0.15, 0.2) is 42.5 Å². The van der Waals surface area contributed by atoms with Gasteiger partial charge in [-0.15, -0.1) is 0 Å². The lowest BCUT2D eigenvalue weighted by molar-refractivity contribution is 0.0549. The van der Waals surface area contributed by atoms with Crippen LogP contribution in [-0.4, -0.2) is 35.9 Å². The molecular formula is C19H13F3N2O4. The van der Waals surface area contributed by atoms with Crippen molar-refractivity contribution in [3.63, 3.8) is 0 Å². The van der Waals surface area contributed by atoms with Crippen molar-refractivity contribution >= 4 is 11.9 Å². The highest BCUT2D eigenvalue weighted by Gasteiger charge is 2.34. The van der Waals surface area contributed by atoms with E-state index in [1.165, 1.54) is 0 Å². The van der Waals surface area contributed by atoms with E-state index in [1.54, 1.807) is 30.3 Å². The van der Waals surface area contributed by atoms with Crippen LogP contribution in [0.2, 0.25) is 0 Å². The molecule has 0 aliphatic carbocycles. The van der Waals surface area contributed by atoms with Gasteiger partial charge in [0, 0.05) is 0 Å². The number of benzene rings is 2. The van der Waals surface area contributed by atoms with Gasteiger partial charge < -0.3 is 9.47 Å². The summed E-state index contributed by atoms with van der Waals surface area (Å²) in [5, 5.41) is 4.02. The van der Waals surface area contributed by atoms with E-state index in [4.69, 9.17) is 4.74 Å². The molecule has 0 amide bonds. The zero-order valence-electron chi connectivity index (χ0n) is 14.7. The lowest BCUT2D eigenvalue weighted by Crippen LogP contribution is -2.15. The van der Waals surface area contributed by atoms with Gasteiger partial charge in [0.25, 0.3) is 0 Å². The summed E-state index contributed by atoms with van der Waals surface area (Å²) < 4.78 is 52.8. The fourth-order valence-electron chi connectivity index (χ4n) is 2.67. The highest BCUT2D eigenvalue weighted by atomic mass is 19.2. The molecule has 1 heterocycles. The maximum absolute atomic E-state index is 14.4. The number of esters is 2. The second-order valence-electron chi connectivity index (χ2n) is 5.52. The van der Waals surface area contributed by atoms with Crippen molar-refractivity contribution in [1.29, 1.82) is 0 Å². The maximum atomic E-state index is 14.4. The Morgan fingerprint density at radius 1 is 0.893 bits per heavy atom. The highest BCUT2D eigenvalue weighted by molar-refractivity contribution is 6.06. The van der Waals surface area contributed by atoms with Crippen molar-refractivity contribution in [1.82, 2.24) is 9.78 Å². The van der Waals surface area contributed by atoms with Gasteiger partial charge in [-0.1, -0.05) is 18.2 Å². The Kier molecular flexibility index (Phi) is 5.16. The fourth-order valence-corrected chi connectivity index (χ4v) is 2.67. The van der Waals surface area contributed by atoms with E-state index >= 15 is 0 Å². The Morgan fingerprint density at radius 2 is 1.50 bits per heavy atom. The lowest BCUT2D eigenvalue weighted by Gasteiger charge is -2.07. The number of carbonyl (C=O) groups excluding carboxylic acids is 2. The van der Waals surface area contributed by atoms with Crippen LogP contribution in [0, 0.1) is 17.5 Å². The molecule has 28 heavy (non-hydrogen) atoms. The van der Waals surface area contributed by atoms with Gasteiger partial charge in [0.15, 0.2) is 17.3 Å². The summed E-state index contributed by atoms with van der Waals surface area (Å²) in [6.07, 6.45) is 0. The second-order valence-corrected chi connectivity index (χ2v) is 5.52. The van der Waals surface area contributed by atoms with Gasteiger partial charge in [0.2, 0.25) is 0 Å². The minimum absolute atomic E-state index is 0.302. The van der Waals surface area contributed by atoms with Crippen molar-refractivity contribution in [3.8, 4) is 16.9 Å². The molecule has 0 aliphatic heterocycles. The molecule has 1 aromatic heterocycles. The zero-order chi connectivity index (χ0) is 20.4. The first-order valence-corrected chi connectivity index (χ1v) is 7.89. The summed E-state index contributed by atoms with van der Waals surface area (Å²) in [7, 11) is 2.08. The molecule has 6 nitrogen and oxygen atoms in total. The molecule has 0 bridgehead atoms. The number of carbonyl (C=O) groups is 2. The standard InChI is InChI=1S/C19H13F3N2O4/c1-27-18(25)14-16(13-11(20)8-9-12(21)15(13)22)23-24(17(14)19(26)28-2)10-6-4-3-5-7-10/h3-9H,1-2H3. The first-order valence-electron chi connectivity index (χ1n) is 7.89. The summed E-state index contributed by atoms with van der Waals surface area (Å²) in [6.45, 7) is 0. The van der Waals surface area contributed by atoms with E-state index in [-0.39, 0.29) is 0 Å². The summed E-state index contributed by atoms with van der Waals surface area (Å²) in [5.41, 5.74) is -2.16. The minimum Gasteiger partial charge on any atom is -0.465 e. The Balaban J connectivity index is 2.45. The molecule has 3 rings (SSSR count). The van der Waals surface area contributed by atoms with Crippen LogP contribution in [0.4, 0.5) is 13.2 Å². The molecule has 0 saturated heterocycles. The van der Waals surface area contributed by atoms with Crippen molar-refractivity contribution in [3.05, 3.63) is 71.2 Å². The SMILES string of the molecule is COC(=O)c1c(-c2c(F)ccc(F)c2F)nn(-c2ccccc2)c1C(=O)OC. The third kappa shape index (κ3) is 3.11. The van der Waals surface area contributed by atoms with Gasteiger partial charge in [0.1, 0.15) is 17.1 Å². The number of rotatable bonds is 4. The average molecular weight is 390 g/mol. The smallest absolute Gasteiger partial charge is 0.357 e. The third-order valence-corrected chi connectivity index (χ3v) is 3.94. The summed E-state index contributed by atoms with van der Waals surface area (Å²) in [6, 6.07) is 9.32. The molecule has 0 aliphatic rings. The lowest BCUT2D eigenvalue weighted by atomic mass is 10.0. The molecule has 0 radical (unpaired) electrons. The minimum atomic E-state index is -1.56. The highest BCUT2D eigenvalue weighted by Crippen LogP contribution is 2.33. The monoisotopic (exact) mass is 390 g/mol. The Morgan fingerprint density at radius 3 is 2.11 bits per heavy atom. The van der Waals surface area contributed by atoms with E-state index in [9.17, 15) is 22.8 Å². The predicted octanol–water partition coefficient (Wildman–Crippen LogP) is 3.53. The molecule has 3 aromatic rings. The summed E-state index contributed by atoms with van der Waals surface area (Å²) >= 11 is 0. The van der Waals surface area contributed by atoms with Crippen LogP contribution in [-0.2, 0) is 9.47 Å². The fraction of sp³-hybridized carbons (Fsp3) is 0.105. The van der Waals surface area contributed by atoms with Crippen molar-refractivity contribution in [2.75, 3.05) is 14.2 Å². The summed E-state index contributed by atoms with van der Waals surface area (Å²) in [5.74, 6) is -6.17. The maximum Gasteiger partial charge on any atom is 0.357 e. The van der Waals surface area contributed by atoms with Gasteiger partial charge in [-0.25, -0.2) is 27.4 Å².